The minimum absolute atomic E-state index is 0.328. The number of rotatable bonds is 3. The van der Waals surface area contributed by atoms with Gasteiger partial charge in [0.2, 0.25) is 0 Å². The van der Waals surface area contributed by atoms with Crippen molar-refractivity contribution in [3.63, 3.8) is 0 Å². The molecule has 0 aliphatic heterocycles. The van der Waals surface area contributed by atoms with Gasteiger partial charge in [0.1, 0.15) is 0 Å². The third-order valence-electron chi connectivity index (χ3n) is 1.02. The van der Waals surface area contributed by atoms with E-state index in [1.807, 2.05) is 5.32 Å². The Morgan fingerprint density at radius 3 is 2.38 bits per heavy atom. The van der Waals surface area contributed by atoms with Gasteiger partial charge in [-0.1, -0.05) is 0 Å². The van der Waals surface area contributed by atoms with Crippen molar-refractivity contribution in [2.24, 2.45) is 0 Å². The van der Waals surface area contributed by atoms with Crippen LogP contribution in [0.15, 0.2) is 0 Å². The molecule has 78 valence electrons. The summed E-state index contributed by atoms with van der Waals surface area (Å²) in [4.78, 5) is 10.6. The van der Waals surface area contributed by atoms with Crippen LogP contribution in [0.4, 0.5) is 18.0 Å². The second-order valence-corrected chi connectivity index (χ2v) is 2.75. The molecule has 0 radical (unpaired) electrons. The van der Waals surface area contributed by atoms with Crippen LogP contribution >= 0.6 is 0 Å². The molecule has 0 rings (SSSR count). The number of amides is 1. The lowest BCUT2D eigenvalue weighted by Crippen LogP contribution is -2.30. The quantitative estimate of drug-likeness (QED) is 0.755. The monoisotopic (exact) mass is 199 g/mol. The van der Waals surface area contributed by atoms with Gasteiger partial charge in [0.15, 0.2) is 0 Å². The van der Waals surface area contributed by atoms with Gasteiger partial charge >= 0.3 is 12.3 Å². The van der Waals surface area contributed by atoms with E-state index < -0.39 is 25.2 Å². The summed E-state index contributed by atoms with van der Waals surface area (Å²) in [6.45, 7) is 2.78. The van der Waals surface area contributed by atoms with Crippen molar-refractivity contribution in [2.75, 3.05) is 6.54 Å². The Morgan fingerprint density at radius 1 is 1.46 bits per heavy atom. The molecule has 13 heavy (non-hydrogen) atoms. The fourth-order valence-corrected chi connectivity index (χ4v) is 0.562. The molecule has 0 aromatic rings. The molecule has 0 heterocycles. The molecular weight excluding hydrogens is 187 g/mol. The van der Waals surface area contributed by atoms with Gasteiger partial charge in [0.05, 0.1) is 12.5 Å². The SMILES string of the molecule is CC(C)OC(=O)NCCC(F)(F)F. The average Bonchev–Trinajstić information content (AvgIpc) is 1.81. The lowest BCUT2D eigenvalue weighted by atomic mass is 10.4. The molecule has 0 fully saturated rings. The van der Waals surface area contributed by atoms with Crippen LogP contribution in [0, 0.1) is 0 Å². The number of hydrogen-bond donors (Lipinski definition) is 1. The van der Waals surface area contributed by atoms with Crippen molar-refractivity contribution in [2.45, 2.75) is 32.5 Å². The van der Waals surface area contributed by atoms with Gasteiger partial charge in [-0.2, -0.15) is 13.2 Å². The summed E-state index contributed by atoms with van der Waals surface area (Å²) in [5.74, 6) is 0. The van der Waals surface area contributed by atoms with E-state index in [2.05, 4.69) is 4.74 Å². The fraction of sp³-hybridized carbons (Fsp3) is 0.857. The molecule has 0 spiro atoms. The Kier molecular flexibility index (Phi) is 4.58. The van der Waals surface area contributed by atoms with Crippen LogP contribution in [-0.4, -0.2) is 24.9 Å². The van der Waals surface area contributed by atoms with Crippen LogP contribution in [0.5, 0.6) is 0 Å². The number of ether oxygens (including phenoxy) is 1. The third kappa shape index (κ3) is 8.97. The maximum Gasteiger partial charge on any atom is 0.407 e. The lowest BCUT2D eigenvalue weighted by molar-refractivity contribution is -0.133. The van der Waals surface area contributed by atoms with Crippen LogP contribution in [-0.2, 0) is 4.74 Å². The maximum atomic E-state index is 11.6. The van der Waals surface area contributed by atoms with E-state index in [1.165, 1.54) is 0 Å². The Bertz CT molecular complexity index is 168. The third-order valence-corrected chi connectivity index (χ3v) is 1.02. The number of carbonyl (C=O) groups is 1. The summed E-state index contributed by atoms with van der Waals surface area (Å²) in [5.41, 5.74) is 0. The maximum absolute atomic E-state index is 11.6. The summed E-state index contributed by atoms with van der Waals surface area (Å²) in [7, 11) is 0. The highest BCUT2D eigenvalue weighted by Gasteiger charge is 2.26. The van der Waals surface area contributed by atoms with E-state index in [9.17, 15) is 18.0 Å². The second-order valence-electron chi connectivity index (χ2n) is 2.75. The first-order chi connectivity index (χ1) is 5.81. The fourth-order valence-electron chi connectivity index (χ4n) is 0.562. The minimum atomic E-state index is -4.24. The van der Waals surface area contributed by atoms with Crippen LogP contribution in [0.3, 0.4) is 0 Å². The molecular formula is C7H12F3NO2. The molecule has 0 aliphatic rings. The molecule has 0 atom stereocenters. The van der Waals surface area contributed by atoms with E-state index in [-0.39, 0.29) is 6.10 Å². The predicted molar refractivity (Wildman–Crippen MR) is 40.3 cm³/mol. The zero-order valence-corrected chi connectivity index (χ0v) is 7.44. The zero-order chi connectivity index (χ0) is 10.5. The van der Waals surface area contributed by atoms with Crippen LogP contribution < -0.4 is 5.32 Å². The van der Waals surface area contributed by atoms with Crippen LogP contribution in [0.25, 0.3) is 0 Å². The number of alkyl carbamates (subject to hydrolysis) is 1. The van der Waals surface area contributed by atoms with Gasteiger partial charge in [-0.25, -0.2) is 4.79 Å². The summed E-state index contributed by atoms with van der Waals surface area (Å²) < 4.78 is 39.3. The van der Waals surface area contributed by atoms with Crippen molar-refractivity contribution in [1.82, 2.24) is 5.32 Å². The van der Waals surface area contributed by atoms with Gasteiger partial charge in [-0.15, -0.1) is 0 Å². The summed E-state index contributed by atoms with van der Waals surface area (Å²) in [6.07, 6.45) is -6.43. The normalized spacial score (nSPS) is 11.5. The Balaban J connectivity index is 3.49. The van der Waals surface area contributed by atoms with E-state index in [0.29, 0.717) is 0 Å². The molecule has 0 bridgehead atoms. The van der Waals surface area contributed by atoms with E-state index in [0.717, 1.165) is 0 Å². The zero-order valence-electron chi connectivity index (χ0n) is 7.44. The number of halogens is 3. The van der Waals surface area contributed by atoms with Crippen molar-refractivity contribution < 1.29 is 22.7 Å². The molecule has 0 unspecified atom stereocenters. The topological polar surface area (TPSA) is 38.3 Å². The first-order valence-corrected chi connectivity index (χ1v) is 3.82. The standard InChI is InChI=1S/C7H12F3NO2/c1-5(2)13-6(12)11-4-3-7(8,9)10/h5H,3-4H2,1-2H3,(H,11,12). The molecule has 0 aromatic carbocycles. The van der Waals surface area contributed by atoms with Crippen molar-refractivity contribution in [3.05, 3.63) is 0 Å². The van der Waals surface area contributed by atoms with Gasteiger partial charge < -0.3 is 10.1 Å². The minimum Gasteiger partial charge on any atom is -0.447 e. The number of carbonyl (C=O) groups excluding carboxylic acids is 1. The molecule has 0 saturated heterocycles. The van der Waals surface area contributed by atoms with Crippen molar-refractivity contribution in [1.29, 1.82) is 0 Å². The number of hydrogen-bond acceptors (Lipinski definition) is 2. The molecule has 0 saturated carbocycles. The smallest absolute Gasteiger partial charge is 0.407 e. The first kappa shape index (κ1) is 12.1. The highest BCUT2D eigenvalue weighted by Crippen LogP contribution is 2.18. The molecule has 0 aliphatic carbocycles. The van der Waals surface area contributed by atoms with E-state index in [1.54, 1.807) is 13.8 Å². The van der Waals surface area contributed by atoms with Crippen molar-refractivity contribution in [3.8, 4) is 0 Å². The molecule has 0 aromatic heterocycles. The first-order valence-electron chi connectivity index (χ1n) is 3.82. The Labute approximate surface area is 74.3 Å². The number of nitrogens with one attached hydrogen (secondary N) is 1. The van der Waals surface area contributed by atoms with Gasteiger partial charge in [-0.3, -0.25) is 0 Å². The highest BCUT2D eigenvalue weighted by atomic mass is 19.4. The summed E-state index contributed by atoms with van der Waals surface area (Å²) >= 11 is 0. The Hall–Kier alpha value is -0.940. The highest BCUT2D eigenvalue weighted by molar-refractivity contribution is 5.67. The van der Waals surface area contributed by atoms with Gasteiger partial charge in [-0.05, 0) is 13.8 Å². The molecule has 1 amide bonds. The predicted octanol–water partition coefficient (Wildman–Crippen LogP) is 2.07. The summed E-state index contributed by atoms with van der Waals surface area (Å²) in [6, 6.07) is 0. The average molecular weight is 199 g/mol. The molecule has 6 heteroatoms. The summed E-state index contributed by atoms with van der Waals surface area (Å²) in [5, 5.41) is 1.99. The second kappa shape index (κ2) is 4.94. The largest absolute Gasteiger partial charge is 0.447 e. The number of alkyl halides is 3. The lowest BCUT2D eigenvalue weighted by Gasteiger charge is -2.10. The van der Waals surface area contributed by atoms with E-state index >= 15 is 0 Å². The van der Waals surface area contributed by atoms with Crippen LogP contribution in [0.1, 0.15) is 20.3 Å². The molecule has 1 N–H and O–H groups in total. The molecule has 3 nitrogen and oxygen atoms in total. The van der Waals surface area contributed by atoms with Gasteiger partial charge in [0.25, 0.3) is 0 Å². The van der Waals surface area contributed by atoms with Gasteiger partial charge in [0, 0.05) is 6.54 Å². The van der Waals surface area contributed by atoms with Crippen LogP contribution in [0.2, 0.25) is 0 Å². The Morgan fingerprint density at radius 2 is 2.00 bits per heavy atom. The van der Waals surface area contributed by atoms with E-state index in [4.69, 9.17) is 0 Å². The van der Waals surface area contributed by atoms with Crippen molar-refractivity contribution >= 4 is 6.09 Å².